The number of rotatable bonds is 19. The SMILES string of the molecule is CCCCCCCCCCc1cccc(NC(=O)S)c1CCCCCCCCCC. The molecule has 2 nitrogen and oxygen atoms in total. The van der Waals surface area contributed by atoms with Crippen LogP contribution in [-0.4, -0.2) is 5.24 Å². The molecule has 1 amide bonds. The Labute approximate surface area is 192 Å². The van der Waals surface area contributed by atoms with Gasteiger partial charge in [0, 0.05) is 5.69 Å². The number of unbranched alkanes of at least 4 members (excludes halogenated alkanes) is 14. The average molecular weight is 434 g/mol. The molecule has 1 aromatic rings. The fourth-order valence-electron chi connectivity index (χ4n) is 4.28. The van der Waals surface area contributed by atoms with Crippen LogP contribution in [0.4, 0.5) is 10.5 Å². The monoisotopic (exact) mass is 433 g/mol. The van der Waals surface area contributed by atoms with Crippen molar-refractivity contribution in [3.8, 4) is 0 Å². The second kappa shape index (κ2) is 18.8. The molecule has 30 heavy (non-hydrogen) atoms. The van der Waals surface area contributed by atoms with E-state index in [9.17, 15) is 4.79 Å². The van der Waals surface area contributed by atoms with Gasteiger partial charge in [-0.25, -0.2) is 0 Å². The lowest BCUT2D eigenvalue weighted by atomic mass is 9.94. The maximum absolute atomic E-state index is 11.5. The number of anilines is 1. The largest absolute Gasteiger partial charge is 0.317 e. The molecule has 0 saturated carbocycles. The summed E-state index contributed by atoms with van der Waals surface area (Å²) in [4.78, 5) is 11.5. The quantitative estimate of drug-likeness (QED) is 0.165. The van der Waals surface area contributed by atoms with Crippen LogP contribution in [0.1, 0.15) is 128 Å². The summed E-state index contributed by atoms with van der Waals surface area (Å²) >= 11 is 3.94. The summed E-state index contributed by atoms with van der Waals surface area (Å²) in [6.07, 6.45) is 23.6. The number of benzene rings is 1. The van der Waals surface area contributed by atoms with E-state index in [-0.39, 0.29) is 5.24 Å². The van der Waals surface area contributed by atoms with E-state index >= 15 is 0 Å². The zero-order valence-electron chi connectivity index (χ0n) is 19.8. The Bertz CT molecular complexity index is 558. The van der Waals surface area contributed by atoms with Gasteiger partial charge >= 0.3 is 0 Å². The fraction of sp³-hybridized carbons (Fsp3) is 0.741. The molecular weight excluding hydrogens is 386 g/mol. The number of carbonyl (C=O) groups is 1. The van der Waals surface area contributed by atoms with E-state index in [0.717, 1.165) is 18.5 Å². The van der Waals surface area contributed by atoms with Crippen LogP contribution in [-0.2, 0) is 12.8 Å². The first-order valence-corrected chi connectivity index (χ1v) is 13.2. The summed E-state index contributed by atoms with van der Waals surface area (Å²) in [6.45, 7) is 4.54. The van der Waals surface area contributed by atoms with Gasteiger partial charge in [0.1, 0.15) is 0 Å². The van der Waals surface area contributed by atoms with Crippen molar-refractivity contribution in [2.75, 3.05) is 5.32 Å². The van der Waals surface area contributed by atoms with Crippen molar-refractivity contribution in [1.82, 2.24) is 0 Å². The molecule has 0 aromatic heterocycles. The second-order valence-corrected chi connectivity index (χ2v) is 9.23. The third-order valence-corrected chi connectivity index (χ3v) is 6.21. The number of nitrogens with one attached hydrogen (secondary N) is 1. The molecule has 0 saturated heterocycles. The lowest BCUT2D eigenvalue weighted by Crippen LogP contribution is -2.07. The first kappa shape index (κ1) is 27.1. The van der Waals surface area contributed by atoms with Crippen LogP contribution < -0.4 is 5.32 Å². The van der Waals surface area contributed by atoms with Crippen LogP contribution >= 0.6 is 12.6 Å². The predicted molar refractivity (Wildman–Crippen MR) is 137 cm³/mol. The molecule has 0 heterocycles. The molecule has 3 heteroatoms. The standard InChI is InChI=1S/C27H47NOS/c1-3-5-7-9-11-13-15-17-20-24-21-19-23-26(28-27(29)30)25(24)22-18-16-14-12-10-8-6-4-2/h19,21,23H,3-18,20,22H2,1-2H3,(H2,28,29,30). The van der Waals surface area contributed by atoms with E-state index in [1.54, 1.807) is 0 Å². The molecule has 1 aromatic carbocycles. The van der Waals surface area contributed by atoms with Crippen molar-refractivity contribution in [2.45, 2.75) is 129 Å². The van der Waals surface area contributed by atoms with Crippen LogP contribution in [0.5, 0.6) is 0 Å². The minimum Gasteiger partial charge on any atom is -0.317 e. The first-order valence-electron chi connectivity index (χ1n) is 12.8. The Morgan fingerprint density at radius 2 is 1.17 bits per heavy atom. The minimum atomic E-state index is -0.267. The average Bonchev–Trinajstić information content (AvgIpc) is 2.73. The molecule has 0 aliphatic carbocycles. The molecule has 0 unspecified atom stereocenters. The zero-order valence-corrected chi connectivity index (χ0v) is 20.7. The van der Waals surface area contributed by atoms with Crippen molar-refractivity contribution < 1.29 is 4.79 Å². The highest BCUT2D eigenvalue weighted by Crippen LogP contribution is 2.25. The smallest absolute Gasteiger partial charge is 0.280 e. The zero-order chi connectivity index (χ0) is 21.9. The second-order valence-electron chi connectivity index (χ2n) is 8.82. The summed E-state index contributed by atoms with van der Waals surface area (Å²) in [5.41, 5.74) is 3.73. The number of hydrogen-bond acceptors (Lipinski definition) is 1. The topological polar surface area (TPSA) is 29.1 Å². The summed E-state index contributed by atoms with van der Waals surface area (Å²) in [5, 5.41) is 2.68. The predicted octanol–water partition coefficient (Wildman–Crippen LogP) is 9.51. The van der Waals surface area contributed by atoms with E-state index in [4.69, 9.17) is 0 Å². The number of hydrogen-bond donors (Lipinski definition) is 2. The summed E-state index contributed by atoms with van der Waals surface area (Å²) in [7, 11) is 0. The van der Waals surface area contributed by atoms with E-state index in [0.29, 0.717) is 0 Å². The molecular formula is C27H47NOS. The van der Waals surface area contributed by atoms with Gasteiger partial charge in [0.25, 0.3) is 5.24 Å². The third kappa shape index (κ3) is 13.4. The van der Waals surface area contributed by atoms with Gasteiger partial charge in [-0.2, -0.15) is 0 Å². The Morgan fingerprint density at radius 3 is 1.67 bits per heavy atom. The Kier molecular flexibility index (Phi) is 16.9. The molecule has 172 valence electrons. The number of amides is 1. The maximum atomic E-state index is 11.5. The third-order valence-electron chi connectivity index (χ3n) is 6.09. The molecule has 0 fully saturated rings. The Hall–Kier alpha value is -0.960. The van der Waals surface area contributed by atoms with Crippen molar-refractivity contribution in [3.63, 3.8) is 0 Å². The molecule has 1 rings (SSSR count). The molecule has 0 radical (unpaired) electrons. The highest BCUT2D eigenvalue weighted by atomic mass is 32.1. The van der Waals surface area contributed by atoms with Crippen LogP contribution in [0.2, 0.25) is 0 Å². The van der Waals surface area contributed by atoms with Gasteiger partial charge in [0.2, 0.25) is 0 Å². The van der Waals surface area contributed by atoms with Crippen molar-refractivity contribution in [3.05, 3.63) is 29.3 Å². The summed E-state index contributed by atoms with van der Waals surface area (Å²) in [6, 6.07) is 6.37. The molecule has 0 bridgehead atoms. The summed E-state index contributed by atoms with van der Waals surface area (Å²) < 4.78 is 0. The normalized spacial score (nSPS) is 11.0. The van der Waals surface area contributed by atoms with Crippen LogP contribution in [0, 0.1) is 0 Å². The Morgan fingerprint density at radius 1 is 0.700 bits per heavy atom. The van der Waals surface area contributed by atoms with Gasteiger partial charge < -0.3 is 5.32 Å². The maximum Gasteiger partial charge on any atom is 0.280 e. The van der Waals surface area contributed by atoms with E-state index in [2.05, 4.69) is 43.9 Å². The van der Waals surface area contributed by atoms with Crippen LogP contribution in [0.25, 0.3) is 0 Å². The van der Waals surface area contributed by atoms with Crippen molar-refractivity contribution in [1.29, 1.82) is 0 Å². The summed E-state index contributed by atoms with van der Waals surface area (Å²) in [5.74, 6) is 0. The molecule has 0 atom stereocenters. The van der Waals surface area contributed by atoms with Gasteiger partial charge in [-0.15, -0.1) is 0 Å². The van der Waals surface area contributed by atoms with E-state index in [1.807, 2.05) is 6.07 Å². The molecule has 1 N–H and O–H groups in total. The van der Waals surface area contributed by atoms with E-state index in [1.165, 1.54) is 114 Å². The van der Waals surface area contributed by atoms with Crippen molar-refractivity contribution in [2.24, 2.45) is 0 Å². The van der Waals surface area contributed by atoms with Crippen LogP contribution in [0.3, 0.4) is 0 Å². The lowest BCUT2D eigenvalue weighted by molar-refractivity contribution is 0.270. The Balaban J connectivity index is 2.44. The number of aryl methyl sites for hydroxylation is 1. The lowest BCUT2D eigenvalue weighted by Gasteiger charge is -2.15. The molecule has 0 aliphatic heterocycles. The first-order chi connectivity index (χ1) is 14.7. The minimum absolute atomic E-state index is 0.267. The van der Waals surface area contributed by atoms with Crippen molar-refractivity contribution >= 4 is 23.6 Å². The van der Waals surface area contributed by atoms with Gasteiger partial charge in [-0.3, -0.25) is 4.79 Å². The number of carbonyl (C=O) groups excluding carboxylic acids is 1. The highest BCUT2D eigenvalue weighted by Gasteiger charge is 2.10. The highest BCUT2D eigenvalue weighted by molar-refractivity contribution is 7.96. The van der Waals surface area contributed by atoms with Gasteiger partial charge in [0.15, 0.2) is 0 Å². The van der Waals surface area contributed by atoms with Gasteiger partial charge in [-0.05, 0) is 42.9 Å². The fourth-order valence-corrected chi connectivity index (χ4v) is 4.40. The van der Waals surface area contributed by atoms with E-state index < -0.39 is 0 Å². The van der Waals surface area contributed by atoms with Gasteiger partial charge in [0.05, 0.1) is 0 Å². The van der Waals surface area contributed by atoms with Gasteiger partial charge in [-0.1, -0.05) is 129 Å². The molecule has 0 spiro atoms. The number of thiol groups is 1. The molecule has 0 aliphatic rings. The van der Waals surface area contributed by atoms with Crippen LogP contribution in [0.15, 0.2) is 18.2 Å².